The first kappa shape index (κ1) is 19.6. The maximum Gasteiger partial charge on any atom is 0.269 e. The molecule has 0 fully saturated rings. The van der Waals surface area contributed by atoms with E-state index >= 15 is 0 Å². The van der Waals surface area contributed by atoms with Gasteiger partial charge >= 0.3 is 0 Å². The highest BCUT2D eigenvalue weighted by Crippen LogP contribution is 2.28. The van der Waals surface area contributed by atoms with Crippen LogP contribution < -0.4 is 5.32 Å². The first-order valence-electron chi connectivity index (χ1n) is 8.76. The topological polar surface area (TPSA) is 109 Å². The van der Waals surface area contributed by atoms with Gasteiger partial charge in [0.05, 0.1) is 17.4 Å². The molecule has 2 aromatic carbocycles. The van der Waals surface area contributed by atoms with Crippen molar-refractivity contribution in [2.75, 3.05) is 5.32 Å². The van der Waals surface area contributed by atoms with Crippen LogP contribution in [0.5, 0.6) is 0 Å². The molecule has 1 N–H and O–H groups in total. The van der Waals surface area contributed by atoms with Crippen LogP contribution in [0.25, 0.3) is 17.4 Å². The van der Waals surface area contributed by atoms with Crippen molar-refractivity contribution >= 4 is 23.4 Å². The third-order valence-corrected chi connectivity index (χ3v) is 4.22. The number of anilines is 1. The number of hydrogen-bond donors (Lipinski definition) is 1. The van der Waals surface area contributed by atoms with Gasteiger partial charge in [-0.15, -0.1) is 0 Å². The van der Waals surface area contributed by atoms with Gasteiger partial charge in [-0.3, -0.25) is 14.9 Å². The molecule has 144 valence electrons. The highest BCUT2D eigenvalue weighted by molar-refractivity contribution is 6.01. The molecule has 0 bridgehead atoms. The van der Waals surface area contributed by atoms with Gasteiger partial charge in [0, 0.05) is 29.5 Å². The minimum absolute atomic E-state index is 0.0234. The van der Waals surface area contributed by atoms with E-state index in [0.717, 1.165) is 16.7 Å². The van der Waals surface area contributed by atoms with Gasteiger partial charge in [0.2, 0.25) is 5.91 Å². The molecule has 0 atom stereocenters. The van der Waals surface area contributed by atoms with Gasteiger partial charge in [0.1, 0.15) is 11.5 Å². The fourth-order valence-corrected chi connectivity index (χ4v) is 2.76. The summed E-state index contributed by atoms with van der Waals surface area (Å²) in [7, 11) is 0. The number of nitriles is 1. The largest absolute Gasteiger partial charge is 0.457 e. The minimum atomic E-state index is -0.442. The predicted molar refractivity (Wildman–Crippen MR) is 109 cm³/mol. The number of nitro benzene ring substituents is 1. The van der Waals surface area contributed by atoms with Crippen molar-refractivity contribution in [3.05, 3.63) is 87.7 Å². The van der Waals surface area contributed by atoms with Gasteiger partial charge in [-0.2, -0.15) is 5.26 Å². The summed E-state index contributed by atoms with van der Waals surface area (Å²) >= 11 is 0. The molecule has 3 aromatic rings. The number of aryl methyl sites for hydroxylation is 1. The number of non-ortho nitro benzene ring substituents is 1. The van der Waals surface area contributed by atoms with E-state index in [4.69, 9.17) is 9.68 Å². The number of benzene rings is 2. The first-order chi connectivity index (χ1) is 14.0. The Bertz CT molecular complexity index is 1120. The van der Waals surface area contributed by atoms with Crippen molar-refractivity contribution in [3.63, 3.8) is 0 Å². The zero-order chi connectivity index (χ0) is 20.8. The monoisotopic (exact) mass is 387 g/mol. The highest BCUT2D eigenvalue weighted by atomic mass is 16.6. The molecular weight excluding hydrogens is 370 g/mol. The Labute approximate surface area is 167 Å². The molecule has 0 radical (unpaired) electrons. The second-order valence-corrected chi connectivity index (χ2v) is 6.31. The summed E-state index contributed by atoms with van der Waals surface area (Å²) in [4.78, 5) is 22.5. The molecular formula is C22H17N3O4. The fraction of sp³-hybridized carbons (Fsp3) is 0.0909. The van der Waals surface area contributed by atoms with Crippen molar-refractivity contribution < 1.29 is 14.1 Å². The smallest absolute Gasteiger partial charge is 0.269 e. The molecule has 0 saturated heterocycles. The Morgan fingerprint density at radius 3 is 2.62 bits per heavy atom. The van der Waals surface area contributed by atoms with E-state index in [9.17, 15) is 14.9 Å². The lowest BCUT2D eigenvalue weighted by Gasteiger charge is -2.03. The van der Waals surface area contributed by atoms with Gasteiger partial charge in [-0.1, -0.05) is 12.1 Å². The SMILES string of the molecule is Cc1cc([N+](=O)[O-])ccc1-c1ccc(/C=C/C(=O)Nc2ccc(CC#N)cc2)o1. The Balaban J connectivity index is 1.66. The van der Waals surface area contributed by atoms with E-state index in [2.05, 4.69) is 11.4 Å². The third-order valence-electron chi connectivity index (χ3n) is 4.22. The van der Waals surface area contributed by atoms with E-state index in [0.29, 0.717) is 23.6 Å². The number of nitrogens with zero attached hydrogens (tertiary/aromatic N) is 2. The van der Waals surface area contributed by atoms with Crippen LogP contribution in [-0.2, 0) is 11.2 Å². The van der Waals surface area contributed by atoms with E-state index in [1.165, 1.54) is 18.2 Å². The normalized spacial score (nSPS) is 10.6. The highest BCUT2D eigenvalue weighted by Gasteiger charge is 2.12. The maximum atomic E-state index is 12.1. The quantitative estimate of drug-likeness (QED) is 0.368. The standard InChI is InChI=1S/C22H17N3O4/c1-15-14-18(25(27)28)6-9-20(15)21-10-7-19(29-21)8-11-22(26)24-17-4-2-16(3-5-17)12-13-23/h2-11,14H,12H2,1H3,(H,24,26)/b11-8+. The summed E-state index contributed by atoms with van der Waals surface area (Å²) in [6, 6.07) is 17.1. The maximum absolute atomic E-state index is 12.1. The summed E-state index contributed by atoms with van der Waals surface area (Å²) in [6.45, 7) is 1.77. The number of hydrogen-bond acceptors (Lipinski definition) is 5. The molecule has 1 heterocycles. The van der Waals surface area contributed by atoms with Gasteiger partial charge < -0.3 is 9.73 Å². The predicted octanol–water partition coefficient (Wildman–Crippen LogP) is 4.88. The van der Waals surface area contributed by atoms with Gasteiger partial charge in [-0.25, -0.2) is 0 Å². The van der Waals surface area contributed by atoms with E-state index in [1.807, 2.05) is 0 Å². The van der Waals surface area contributed by atoms with Gasteiger partial charge in [0.15, 0.2) is 0 Å². The molecule has 0 unspecified atom stereocenters. The van der Waals surface area contributed by atoms with Crippen molar-refractivity contribution in [3.8, 4) is 17.4 Å². The molecule has 7 nitrogen and oxygen atoms in total. The van der Waals surface area contributed by atoms with Crippen LogP contribution in [0.2, 0.25) is 0 Å². The second kappa shape index (κ2) is 8.67. The molecule has 0 aliphatic heterocycles. The minimum Gasteiger partial charge on any atom is -0.457 e. The Hall–Kier alpha value is -4.18. The van der Waals surface area contributed by atoms with Crippen LogP contribution in [0.3, 0.4) is 0 Å². The molecule has 3 rings (SSSR count). The number of carbonyl (C=O) groups is 1. The summed E-state index contributed by atoms with van der Waals surface area (Å²) < 4.78 is 5.73. The van der Waals surface area contributed by atoms with Crippen LogP contribution >= 0.6 is 0 Å². The van der Waals surface area contributed by atoms with E-state index in [1.54, 1.807) is 55.5 Å². The zero-order valence-corrected chi connectivity index (χ0v) is 15.6. The number of furan rings is 1. The molecule has 0 aliphatic rings. The van der Waals surface area contributed by atoms with Crippen molar-refractivity contribution in [1.82, 2.24) is 0 Å². The average Bonchev–Trinajstić information content (AvgIpc) is 3.17. The Kier molecular flexibility index (Phi) is 5.85. The lowest BCUT2D eigenvalue weighted by atomic mass is 10.1. The summed E-state index contributed by atoms with van der Waals surface area (Å²) in [5, 5.41) is 22.3. The number of carbonyl (C=O) groups excluding carboxylic acids is 1. The Morgan fingerprint density at radius 2 is 1.97 bits per heavy atom. The summed E-state index contributed by atoms with van der Waals surface area (Å²) in [5.74, 6) is 0.727. The van der Waals surface area contributed by atoms with Crippen molar-refractivity contribution in [2.24, 2.45) is 0 Å². The third kappa shape index (κ3) is 4.96. The van der Waals surface area contributed by atoms with Crippen molar-refractivity contribution in [1.29, 1.82) is 5.26 Å². The van der Waals surface area contributed by atoms with Crippen molar-refractivity contribution in [2.45, 2.75) is 13.3 Å². The van der Waals surface area contributed by atoms with Gasteiger partial charge in [0.25, 0.3) is 5.69 Å². The van der Waals surface area contributed by atoms with Crippen LogP contribution in [0.15, 0.2) is 65.1 Å². The average molecular weight is 387 g/mol. The molecule has 1 amide bonds. The van der Waals surface area contributed by atoms with E-state index < -0.39 is 4.92 Å². The Morgan fingerprint density at radius 1 is 1.21 bits per heavy atom. The lowest BCUT2D eigenvalue weighted by Crippen LogP contribution is -2.07. The summed E-state index contributed by atoms with van der Waals surface area (Å²) in [6.07, 6.45) is 3.22. The molecule has 0 saturated carbocycles. The lowest BCUT2D eigenvalue weighted by molar-refractivity contribution is -0.384. The number of nitro groups is 1. The van der Waals surface area contributed by atoms with E-state index in [-0.39, 0.29) is 11.6 Å². The molecule has 1 aromatic heterocycles. The number of rotatable bonds is 6. The number of nitrogens with one attached hydrogen (secondary N) is 1. The van der Waals surface area contributed by atoms with Crippen LogP contribution in [0.1, 0.15) is 16.9 Å². The summed E-state index contributed by atoms with van der Waals surface area (Å²) in [5.41, 5.74) is 3.00. The first-order valence-corrected chi connectivity index (χ1v) is 8.76. The van der Waals surface area contributed by atoms with Crippen LogP contribution in [0, 0.1) is 28.4 Å². The number of amides is 1. The molecule has 0 aliphatic carbocycles. The van der Waals surface area contributed by atoms with Gasteiger partial charge in [-0.05, 0) is 54.5 Å². The van der Waals surface area contributed by atoms with Crippen LogP contribution in [-0.4, -0.2) is 10.8 Å². The second-order valence-electron chi connectivity index (χ2n) is 6.31. The molecule has 7 heteroatoms. The zero-order valence-electron chi connectivity index (χ0n) is 15.6. The fourth-order valence-electron chi connectivity index (χ4n) is 2.76. The van der Waals surface area contributed by atoms with Crippen LogP contribution in [0.4, 0.5) is 11.4 Å². The molecule has 29 heavy (non-hydrogen) atoms. The molecule has 0 spiro atoms.